The Morgan fingerprint density at radius 3 is 2.80 bits per heavy atom. The number of pyridine rings is 1. The summed E-state index contributed by atoms with van der Waals surface area (Å²) >= 11 is 5.85. The van der Waals surface area contributed by atoms with Crippen molar-refractivity contribution in [1.29, 1.82) is 0 Å². The van der Waals surface area contributed by atoms with Gasteiger partial charge in [0.25, 0.3) is 5.91 Å². The molecule has 1 aromatic heterocycles. The number of carbonyl (C=O) groups excluding carboxylic acids is 1. The number of piperazine rings is 1. The molecule has 0 unspecified atom stereocenters. The molecular weight excluding hydrogens is 274 g/mol. The van der Waals surface area contributed by atoms with Crippen LogP contribution < -0.4 is 5.32 Å². The van der Waals surface area contributed by atoms with Crippen molar-refractivity contribution in [3.63, 3.8) is 0 Å². The van der Waals surface area contributed by atoms with Gasteiger partial charge in [-0.05, 0) is 25.0 Å². The van der Waals surface area contributed by atoms with Crippen molar-refractivity contribution in [2.45, 2.75) is 37.6 Å². The Hall–Kier alpha value is -1.13. The normalized spacial score (nSPS) is 21.9. The number of nitrogens with zero attached hydrogens (tertiary/aromatic N) is 2. The van der Waals surface area contributed by atoms with Crippen LogP contribution in [0.25, 0.3) is 0 Å². The topological polar surface area (TPSA) is 45.2 Å². The zero-order valence-corrected chi connectivity index (χ0v) is 12.3. The Morgan fingerprint density at radius 2 is 2.10 bits per heavy atom. The minimum absolute atomic E-state index is 0.00506. The molecule has 1 aliphatic heterocycles. The van der Waals surface area contributed by atoms with Crippen molar-refractivity contribution in [2.75, 3.05) is 19.6 Å². The molecule has 1 N–H and O–H groups in total. The summed E-state index contributed by atoms with van der Waals surface area (Å²) in [6, 6.07) is 3.46. The van der Waals surface area contributed by atoms with Gasteiger partial charge < -0.3 is 10.2 Å². The lowest BCUT2D eigenvalue weighted by atomic mass is 9.79. The largest absolute Gasteiger partial charge is 0.329 e. The van der Waals surface area contributed by atoms with E-state index in [0.29, 0.717) is 10.7 Å². The van der Waals surface area contributed by atoms with E-state index in [-0.39, 0.29) is 11.4 Å². The van der Waals surface area contributed by atoms with Gasteiger partial charge in [-0.3, -0.25) is 4.79 Å². The second-order valence-corrected chi connectivity index (χ2v) is 6.22. The van der Waals surface area contributed by atoms with E-state index in [1.54, 1.807) is 18.3 Å². The molecule has 108 valence electrons. The number of aromatic nitrogens is 1. The second kappa shape index (κ2) is 5.70. The molecule has 0 radical (unpaired) electrons. The molecule has 0 aromatic carbocycles. The number of rotatable bonds is 1. The predicted octanol–water partition coefficient (Wildman–Crippen LogP) is 2.48. The zero-order chi connectivity index (χ0) is 14.0. The van der Waals surface area contributed by atoms with E-state index in [4.69, 9.17) is 11.6 Å². The summed E-state index contributed by atoms with van der Waals surface area (Å²) in [6.07, 6.45) is 7.44. The standard InChI is InChI=1S/C15H20ClN3O/c16-12-4-5-13(18-10-12)14(20)19-9-8-17-11-15(19)6-2-1-3-7-15/h4-5,10,17H,1-3,6-9,11H2. The Labute approximate surface area is 124 Å². The van der Waals surface area contributed by atoms with Crippen molar-refractivity contribution < 1.29 is 4.79 Å². The summed E-state index contributed by atoms with van der Waals surface area (Å²) in [7, 11) is 0. The third-order valence-electron chi connectivity index (χ3n) is 4.51. The summed E-state index contributed by atoms with van der Waals surface area (Å²) in [5, 5.41) is 4.02. The highest BCUT2D eigenvalue weighted by Crippen LogP contribution is 2.35. The van der Waals surface area contributed by atoms with Crippen LogP contribution in [0.15, 0.2) is 18.3 Å². The number of hydrogen-bond acceptors (Lipinski definition) is 3. The van der Waals surface area contributed by atoms with E-state index in [1.165, 1.54) is 19.3 Å². The molecule has 2 aliphatic rings. The monoisotopic (exact) mass is 293 g/mol. The number of amides is 1. The highest BCUT2D eigenvalue weighted by Gasteiger charge is 2.42. The van der Waals surface area contributed by atoms with Gasteiger partial charge in [-0.2, -0.15) is 0 Å². The van der Waals surface area contributed by atoms with E-state index >= 15 is 0 Å². The van der Waals surface area contributed by atoms with Gasteiger partial charge in [0.2, 0.25) is 0 Å². The van der Waals surface area contributed by atoms with Crippen LogP contribution in [0.4, 0.5) is 0 Å². The van der Waals surface area contributed by atoms with Gasteiger partial charge in [-0.1, -0.05) is 30.9 Å². The van der Waals surface area contributed by atoms with Crippen LogP contribution in [0, 0.1) is 0 Å². The molecule has 5 heteroatoms. The maximum atomic E-state index is 12.8. The lowest BCUT2D eigenvalue weighted by Gasteiger charge is -2.49. The average molecular weight is 294 g/mol. The van der Waals surface area contributed by atoms with Crippen LogP contribution in [0.5, 0.6) is 0 Å². The van der Waals surface area contributed by atoms with E-state index in [0.717, 1.165) is 32.5 Å². The fourth-order valence-electron chi connectivity index (χ4n) is 3.46. The predicted molar refractivity (Wildman–Crippen MR) is 79.0 cm³/mol. The van der Waals surface area contributed by atoms with Crippen molar-refractivity contribution in [1.82, 2.24) is 15.2 Å². The van der Waals surface area contributed by atoms with Crippen LogP contribution in [0.3, 0.4) is 0 Å². The molecular formula is C15H20ClN3O. The van der Waals surface area contributed by atoms with E-state index in [9.17, 15) is 4.79 Å². The highest BCUT2D eigenvalue weighted by molar-refractivity contribution is 6.30. The fourth-order valence-corrected chi connectivity index (χ4v) is 3.57. The van der Waals surface area contributed by atoms with E-state index in [1.807, 2.05) is 0 Å². The van der Waals surface area contributed by atoms with Gasteiger partial charge in [0.05, 0.1) is 10.6 Å². The van der Waals surface area contributed by atoms with Gasteiger partial charge in [0, 0.05) is 25.8 Å². The van der Waals surface area contributed by atoms with Crippen LogP contribution in [0.1, 0.15) is 42.6 Å². The number of carbonyl (C=O) groups is 1. The van der Waals surface area contributed by atoms with Crippen LogP contribution >= 0.6 is 11.6 Å². The lowest BCUT2D eigenvalue weighted by Crippen LogP contribution is -2.63. The Bertz CT molecular complexity index is 474. The first-order valence-electron chi connectivity index (χ1n) is 7.36. The first kappa shape index (κ1) is 13.8. The van der Waals surface area contributed by atoms with Crippen LogP contribution in [-0.4, -0.2) is 41.0 Å². The molecule has 2 heterocycles. The van der Waals surface area contributed by atoms with Crippen molar-refractivity contribution in [3.8, 4) is 0 Å². The van der Waals surface area contributed by atoms with Crippen LogP contribution in [0.2, 0.25) is 5.02 Å². The van der Waals surface area contributed by atoms with Gasteiger partial charge in [0.1, 0.15) is 5.69 Å². The summed E-state index contributed by atoms with van der Waals surface area (Å²) in [6.45, 7) is 2.54. The zero-order valence-electron chi connectivity index (χ0n) is 11.6. The molecule has 1 saturated heterocycles. The Morgan fingerprint density at radius 1 is 1.30 bits per heavy atom. The van der Waals surface area contributed by atoms with Gasteiger partial charge in [-0.15, -0.1) is 0 Å². The first-order valence-corrected chi connectivity index (χ1v) is 7.73. The molecule has 2 fully saturated rings. The molecule has 4 nitrogen and oxygen atoms in total. The highest BCUT2D eigenvalue weighted by atomic mass is 35.5. The summed E-state index contributed by atoms with van der Waals surface area (Å²) in [5.74, 6) is 0.0464. The molecule has 0 atom stereocenters. The van der Waals surface area contributed by atoms with Gasteiger partial charge in [-0.25, -0.2) is 4.98 Å². The number of nitrogens with one attached hydrogen (secondary N) is 1. The molecule has 1 spiro atoms. The Kier molecular flexibility index (Phi) is 3.94. The SMILES string of the molecule is O=C(c1ccc(Cl)cn1)N1CCNCC12CCCCC2. The number of halogens is 1. The molecule has 20 heavy (non-hydrogen) atoms. The third kappa shape index (κ3) is 2.54. The minimum atomic E-state index is -0.00506. The maximum absolute atomic E-state index is 12.8. The lowest BCUT2D eigenvalue weighted by molar-refractivity contribution is 0.0217. The van der Waals surface area contributed by atoms with E-state index in [2.05, 4.69) is 15.2 Å². The summed E-state index contributed by atoms with van der Waals surface area (Å²) < 4.78 is 0. The van der Waals surface area contributed by atoms with Crippen LogP contribution in [-0.2, 0) is 0 Å². The fraction of sp³-hybridized carbons (Fsp3) is 0.600. The number of hydrogen-bond donors (Lipinski definition) is 1. The molecule has 1 aromatic rings. The van der Waals surface area contributed by atoms with E-state index < -0.39 is 0 Å². The third-order valence-corrected chi connectivity index (χ3v) is 4.74. The molecule has 0 bridgehead atoms. The molecule has 1 aliphatic carbocycles. The first-order chi connectivity index (χ1) is 9.71. The smallest absolute Gasteiger partial charge is 0.272 e. The molecule has 1 saturated carbocycles. The van der Waals surface area contributed by atoms with Crippen molar-refractivity contribution >= 4 is 17.5 Å². The van der Waals surface area contributed by atoms with Gasteiger partial charge in [0.15, 0.2) is 0 Å². The van der Waals surface area contributed by atoms with Crippen molar-refractivity contribution in [3.05, 3.63) is 29.0 Å². The minimum Gasteiger partial charge on any atom is -0.329 e. The quantitative estimate of drug-likeness (QED) is 0.865. The maximum Gasteiger partial charge on any atom is 0.272 e. The molecule has 1 amide bonds. The summed E-state index contributed by atoms with van der Waals surface area (Å²) in [5.41, 5.74) is 0.496. The average Bonchev–Trinajstić information content (AvgIpc) is 2.49. The Balaban J connectivity index is 1.85. The second-order valence-electron chi connectivity index (χ2n) is 5.78. The molecule has 3 rings (SSSR count). The van der Waals surface area contributed by atoms with Crippen molar-refractivity contribution in [2.24, 2.45) is 0 Å². The summed E-state index contributed by atoms with van der Waals surface area (Å²) in [4.78, 5) is 19.0. The van der Waals surface area contributed by atoms with Gasteiger partial charge >= 0.3 is 0 Å².